The fourth-order valence-corrected chi connectivity index (χ4v) is 2.37. The second kappa shape index (κ2) is 6.63. The summed E-state index contributed by atoms with van der Waals surface area (Å²) in [5.41, 5.74) is 2.59. The van der Waals surface area contributed by atoms with Gasteiger partial charge in [0.25, 0.3) is 0 Å². The number of urea groups is 1. The number of anilines is 2. The largest absolute Gasteiger partial charge is 0.357 e. The molecular formula is C16H19N7O2. The van der Waals surface area contributed by atoms with Crippen LogP contribution in [0.3, 0.4) is 0 Å². The van der Waals surface area contributed by atoms with E-state index in [1.807, 2.05) is 31.2 Å². The predicted octanol–water partition coefficient (Wildman–Crippen LogP) is 1.80. The Morgan fingerprint density at radius 3 is 2.84 bits per heavy atom. The number of rotatable bonds is 4. The van der Waals surface area contributed by atoms with Gasteiger partial charge >= 0.3 is 6.03 Å². The topological polar surface area (TPSA) is 108 Å². The van der Waals surface area contributed by atoms with E-state index in [1.165, 1.54) is 15.9 Å². The molecule has 9 nitrogen and oxygen atoms in total. The summed E-state index contributed by atoms with van der Waals surface area (Å²) >= 11 is 0. The van der Waals surface area contributed by atoms with Crippen molar-refractivity contribution in [2.45, 2.75) is 13.5 Å². The molecule has 25 heavy (non-hydrogen) atoms. The molecule has 0 aliphatic rings. The van der Waals surface area contributed by atoms with E-state index in [4.69, 9.17) is 0 Å². The van der Waals surface area contributed by atoms with Gasteiger partial charge in [-0.15, -0.1) is 5.10 Å². The smallest absolute Gasteiger partial charge is 0.322 e. The molecule has 3 amide bonds. The minimum Gasteiger partial charge on any atom is -0.357 e. The Labute approximate surface area is 144 Å². The molecule has 0 bridgehead atoms. The van der Waals surface area contributed by atoms with E-state index < -0.39 is 0 Å². The average Bonchev–Trinajstić information content (AvgIpc) is 3.13. The molecule has 9 heteroatoms. The number of H-pyrrole nitrogens is 1. The Kier molecular flexibility index (Phi) is 4.38. The van der Waals surface area contributed by atoms with Crippen LogP contribution >= 0.6 is 0 Å². The number of hydrogen-bond acceptors (Lipinski definition) is 4. The maximum Gasteiger partial charge on any atom is 0.322 e. The minimum atomic E-state index is -0.315. The normalized spacial score (nSPS) is 10.7. The van der Waals surface area contributed by atoms with E-state index in [1.54, 1.807) is 14.1 Å². The maximum atomic E-state index is 12.3. The Bertz CT molecular complexity index is 926. The highest BCUT2D eigenvalue weighted by molar-refractivity contribution is 6.00. The fourth-order valence-electron chi connectivity index (χ4n) is 2.37. The van der Waals surface area contributed by atoms with Crippen LogP contribution < -0.4 is 10.6 Å². The quantitative estimate of drug-likeness (QED) is 0.672. The number of aromatic nitrogens is 4. The van der Waals surface area contributed by atoms with Crippen molar-refractivity contribution in [3.63, 3.8) is 0 Å². The summed E-state index contributed by atoms with van der Waals surface area (Å²) in [7, 11) is 3.24. The average molecular weight is 341 g/mol. The Hall–Kier alpha value is -3.36. The molecule has 3 N–H and O–H groups in total. The Morgan fingerprint density at radius 2 is 2.08 bits per heavy atom. The summed E-state index contributed by atoms with van der Waals surface area (Å²) in [6.45, 7) is 1.90. The van der Waals surface area contributed by atoms with Gasteiger partial charge in [-0.2, -0.15) is 9.90 Å². The lowest BCUT2D eigenvalue weighted by Crippen LogP contribution is -2.27. The highest BCUT2D eigenvalue weighted by atomic mass is 16.2. The molecular weight excluding hydrogens is 322 g/mol. The zero-order valence-corrected chi connectivity index (χ0v) is 14.2. The second-order valence-corrected chi connectivity index (χ2v) is 5.86. The van der Waals surface area contributed by atoms with Gasteiger partial charge < -0.3 is 15.2 Å². The van der Waals surface area contributed by atoms with Crippen molar-refractivity contribution in [2.75, 3.05) is 24.7 Å². The highest BCUT2D eigenvalue weighted by Gasteiger charge is 2.11. The number of amides is 3. The molecule has 0 aliphatic carbocycles. The predicted molar refractivity (Wildman–Crippen MR) is 94.4 cm³/mol. The van der Waals surface area contributed by atoms with Gasteiger partial charge in [-0.1, -0.05) is 12.1 Å². The van der Waals surface area contributed by atoms with Crippen molar-refractivity contribution in [2.24, 2.45) is 0 Å². The van der Waals surface area contributed by atoms with Gasteiger partial charge in [0.05, 0.1) is 17.4 Å². The van der Waals surface area contributed by atoms with Gasteiger partial charge in [-0.3, -0.25) is 10.1 Å². The van der Waals surface area contributed by atoms with Gasteiger partial charge in [-0.25, -0.2) is 4.79 Å². The summed E-state index contributed by atoms with van der Waals surface area (Å²) in [4.78, 5) is 29.6. The minimum absolute atomic E-state index is 0.0616. The number of hydrogen-bond donors (Lipinski definition) is 3. The van der Waals surface area contributed by atoms with E-state index in [0.29, 0.717) is 5.69 Å². The van der Waals surface area contributed by atoms with Crippen LogP contribution in [-0.2, 0) is 11.3 Å². The third-order valence-electron chi connectivity index (χ3n) is 3.53. The first-order valence-corrected chi connectivity index (χ1v) is 7.69. The monoisotopic (exact) mass is 341 g/mol. The van der Waals surface area contributed by atoms with Crippen molar-refractivity contribution < 1.29 is 9.59 Å². The van der Waals surface area contributed by atoms with Crippen LogP contribution in [0, 0.1) is 6.92 Å². The van der Waals surface area contributed by atoms with Crippen molar-refractivity contribution in [3.05, 3.63) is 36.2 Å². The Balaban J connectivity index is 1.66. The zero-order valence-electron chi connectivity index (χ0n) is 14.2. The molecule has 0 saturated carbocycles. The van der Waals surface area contributed by atoms with Crippen molar-refractivity contribution in [1.82, 2.24) is 24.9 Å². The molecule has 130 valence electrons. The first-order chi connectivity index (χ1) is 11.9. The maximum absolute atomic E-state index is 12.3. The highest BCUT2D eigenvalue weighted by Crippen LogP contribution is 2.23. The third-order valence-corrected chi connectivity index (χ3v) is 3.53. The number of benzene rings is 1. The van der Waals surface area contributed by atoms with Crippen LogP contribution in [0.2, 0.25) is 0 Å². The van der Waals surface area contributed by atoms with E-state index in [9.17, 15) is 9.59 Å². The number of nitrogens with one attached hydrogen (secondary N) is 3. The molecule has 3 aromatic rings. The number of fused-ring (bicyclic) bond motifs is 1. The van der Waals surface area contributed by atoms with E-state index >= 15 is 0 Å². The lowest BCUT2D eigenvalue weighted by Gasteiger charge is -2.09. The summed E-state index contributed by atoms with van der Waals surface area (Å²) in [5.74, 6) is 0.0226. The molecule has 2 aromatic heterocycles. The number of aryl methyl sites for hydroxylation is 1. The summed E-state index contributed by atoms with van der Waals surface area (Å²) < 4.78 is 0. The molecule has 2 heterocycles. The van der Waals surface area contributed by atoms with Crippen LogP contribution in [-0.4, -0.2) is 50.9 Å². The molecule has 0 aliphatic heterocycles. The van der Waals surface area contributed by atoms with Crippen molar-refractivity contribution in [3.8, 4) is 0 Å². The molecule has 0 atom stereocenters. The molecule has 1 aromatic carbocycles. The number of aromatic amines is 1. The van der Waals surface area contributed by atoms with Gasteiger partial charge in [-0.05, 0) is 19.1 Å². The first-order valence-electron chi connectivity index (χ1n) is 7.69. The van der Waals surface area contributed by atoms with Crippen LogP contribution in [0.4, 0.5) is 16.3 Å². The van der Waals surface area contributed by atoms with Gasteiger partial charge in [0.2, 0.25) is 5.91 Å². The zero-order chi connectivity index (χ0) is 18.0. The van der Waals surface area contributed by atoms with Gasteiger partial charge in [0.15, 0.2) is 5.82 Å². The standard InChI is InChI=1S/C16H19N7O2/c1-10-7-11-5-4-6-12(15(11)18-10)19-14(24)9-23-17-8-13(21-23)20-16(25)22(2)3/h4-8,18H,9H2,1-3H3,(H,19,24)(H,20,21,25). The molecule has 0 spiro atoms. The number of nitrogens with zero attached hydrogens (tertiary/aromatic N) is 4. The summed E-state index contributed by atoms with van der Waals surface area (Å²) in [6.07, 6.45) is 1.39. The number of carbonyl (C=O) groups excluding carboxylic acids is 2. The second-order valence-electron chi connectivity index (χ2n) is 5.86. The van der Waals surface area contributed by atoms with Gasteiger partial charge in [0, 0.05) is 25.2 Å². The van der Waals surface area contributed by atoms with Crippen LogP contribution in [0.15, 0.2) is 30.5 Å². The third kappa shape index (κ3) is 3.77. The van der Waals surface area contributed by atoms with E-state index in [-0.39, 0.29) is 24.3 Å². The SMILES string of the molecule is Cc1cc2cccc(NC(=O)Cn3ncc(NC(=O)N(C)C)n3)c2[nH]1. The molecule has 0 fully saturated rings. The van der Waals surface area contributed by atoms with Crippen molar-refractivity contribution in [1.29, 1.82) is 0 Å². The molecule has 3 rings (SSSR count). The van der Waals surface area contributed by atoms with E-state index in [0.717, 1.165) is 16.6 Å². The van der Waals surface area contributed by atoms with Crippen LogP contribution in [0.5, 0.6) is 0 Å². The van der Waals surface area contributed by atoms with Gasteiger partial charge in [0.1, 0.15) is 6.54 Å². The molecule has 0 radical (unpaired) electrons. The number of para-hydroxylation sites is 1. The first kappa shape index (κ1) is 16.5. The van der Waals surface area contributed by atoms with Crippen molar-refractivity contribution >= 4 is 34.3 Å². The van der Waals surface area contributed by atoms with Crippen LogP contribution in [0.25, 0.3) is 10.9 Å². The molecule has 0 saturated heterocycles. The number of carbonyl (C=O) groups is 2. The van der Waals surface area contributed by atoms with E-state index in [2.05, 4.69) is 25.8 Å². The lowest BCUT2D eigenvalue weighted by atomic mass is 10.2. The summed E-state index contributed by atoms with van der Waals surface area (Å²) in [5, 5.41) is 14.5. The summed E-state index contributed by atoms with van der Waals surface area (Å²) in [6, 6.07) is 7.38. The Morgan fingerprint density at radius 1 is 1.28 bits per heavy atom. The fraction of sp³-hybridized carbons (Fsp3) is 0.250. The molecule has 0 unspecified atom stereocenters. The van der Waals surface area contributed by atoms with Crippen LogP contribution in [0.1, 0.15) is 5.69 Å². The lowest BCUT2D eigenvalue weighted by molar-refractivity contribution is -0.117.